The number of anilines is 1. The van der Waals surface area contributed by atoms with Gasteiger partial charge in [-0.2, -0.15) is 0 Å². The van der Waals surface area contributed by atoms with E-state index in [2.05, 4.69) is 10.6 Å². The van der Waals surface area contributed by atoms with Crippen molar-refractivity contribution in [3.8, 4) is 0 Å². The van der Waals surface area contributed by atoms with Crippen LogP contribution in [0.25, 0.3) is 0 Å². The van der Waals surface area contributed by atoms with Crippen LogP contribution in [0.2, 0.25) is 5.02 Å². The van der Waals surface area contributed by atoms with Crippen molar-refractivity contribution < 1.29 is 19.8 Å². The molecule has 0 saturated heterocycles. The van der Waals surface area contributed by atoms with Gasteiger partial charge in [-0.25, -0.2) is 9.59 Å². The Morgan fingerprint density at radius 2 is 1.89 bits per heavy atom. The second-order valence-corrected chi connectivity index (χ2v) is 3.94. The van der Waals surface area contributed by atoms with Crippen molar-refractivity contribution in [1.82, 2.24) is 5.32 Å². The molecular formula is C11H13ClN2O4. The van der Waals surface area contributed by atoms with E-state index in [0.717, 1.165) is 0 Å². The Labute approximate surface area is 109 Å². The zero-order chi connectivity index (χ0) is 13.5. The zero-order valence-corrected chi connectivity index (χ0v) is 10.1. The maximum atomic E-state index is 11.5. The normalized spacial score (nSPS) is 11.7. The van der Waals surface area contributed by atoms with E-state index in [-0.39, 0.29) is 13.0 Å². The Morgan fingerprint density at radius 3 is 2.39 bits per heavy atom. The molecule has 0 aromatic heterocycles. The number of aliphatic carboxylic acids is 1. The molecule has 0 aliphatic heterocycles. The zero-order valence-electron chi connectivity index (χ0n) is 9.39. The summed E-state index contributed by atoms with van der Waals surface area (Å²) in [5, 5.41) is 22.7. The molecule has 0 fully saturated rings. The topological polar surface area (TPSA) is 98.7 Å². The number of carbonyl (C=O) groups excluding carboxylic acids is 1. The van der Waals surface area contributed by atoms with Crippen LogP contribution in [0.4, 0.5) is 10.5 Å². The van der Waals surface area contributed by atoms with Crippen molar-refractivity contribution in [3.63, 3.8) is 0 Å². The Kier molecular flexibility index (Phi) is 5.41. The van der Waals surface area contributed by atoms with Crippen LogP contribution in [-0.2, 0) is 4.79 Å². The van der Waals surface area contributed by atoms with Crippen LogP contribution in [0.3, 0.4) is 0 Å². The molecule has 98 valence electrons. The van der Waals surface area contributed by atoms with Crippen LogP contribution >= 0.6 is 11.6 Å². The fraction of sp³-hybridized carbons (Fsp3) is 0.273. The van der Waals surface area contributed by atoms with Crippen LogP contribution < -0.4 is 10.6 Å². The Morgan fingerprint density at radius 1 is 1.28 bits per heavy atom. The quantitative estimate of drug-likeness (QED) is 0.649. The van der Waals surface area contributed by atoms with Gasteiger partial charge < -0.3 is 20.8 Å². The van der Waals surface area contributed by atoms with Crippen LogP contribution in [0.1, 0.15) is 6.42 Å². The number of carboxylic acid groups (broad SMARTS) is 1. The van der Waals surface area contributed by atoms with Crippen LogP contribution in [0.5, 0.6) is 0 Å². The highest BCUT2D eigenvalue weighted by Crippen LogP contribution is 2.13. The molecule has 1 rings (SSSR count). The Bertz CT molecular complexity index is 422. The third-order valence-electron chi connectivity index (χ3n) is 2.12. The van der Waals surface area contributed by atoms with Gasteiger partial charge in [0.1, 0.15) is 6.04 Å². The largest absolute Gasteiger partial charge is 0.480 e. The standard InChI is InChI=1S/C11H13ClN2O4/c12-7-1-3-8(4-2-7)13-11(18)14-9(5-6-15)10(16)17/h1-4,9,15H,5-6H2,(H,16,17)(H2,13,14,18)/t9-/m1/s1. The smallest absolute Gasteiger partial charge is 0.326 e. The minimum atomic E-state index is -1.20. The van der Waals surface area contributed by atoms with Gasteiger partial charge in [-0.1, -0.05) is 11.6 Å². The molecule has 1 aromatic rings. The number of carbonyl (C=O) groups is 2. The average molecular weight is 273 g/mol. The van der Waals surface area contributed by atoms with Crippen molar-refractivity contribution in [2.45, 2.75) is 12.5 Å². The van der Waals surface area contributed by atoms with E-state index < -0.39 is 18.0 Å². The van der Waals surface area contributed by atoms with E-state index in [9.17, 15) is 9.59 Å². The predicted octanol–water partition coefficient (Wildman–Crippen LogP) is 1.30. The predicted molar refractivity (Wildman–Crippen MR) is 66.7 cm³/mol. The van der Waals surface area contributed by atoms with Crippen LogP contribution in [0, 0.1) is 0 Å². The van der Waals surface area contributed by atoms with E-state index in [1.54, 1.807) is 24.3 Å². The number of hydrogen-bond donors (Lipinski definition) is 4. The molecular weight excluding hydrogens is 260 g/mol. The van der Waals surface area contributed by atoms with E-state index in [1.165, 1.54) is 0 Å². The van der Waals surface area contributed by atoms with Crippen LogP contribution in [-0.4, -0.2) is 34.9 Å². The highest BCUT2D eigenvalue weighted by atomic mass is 35.5. The lowest BCUT2D eigenvalue weighted by molar-refractivity contribution is -0.139. The van der Waals surface area contributed by atoms with Gasteiger partial charge >= 0.3 is 12.0 Å². The molecule has 7 heteroatoms. The third kappa shape index (κ3) is 4.60. The summed E-state index contributed by atoms with van der Waals surface area (Å²) in [5.74, 6) is -1.20. The molecule has 4 N–H and O–H groups in total. The fourth-order valence-corrected chi connectivity index (χ4v) is 1.37. The number of aliphatic hydroxyl groups is 1. The van der Waals surface area contributed by atoms with Gasteiger partial charge in [0.2, 0.25) is 0 Å². The van der Waals surface area contributed by atoms with E-state index >= 15 is 0 Å². The molecule has 0 radical (unpaired) electrons. The lowest BCUT2D eigenvalue weighted by Crippen LogP contribution is -2.43. The van der Waals surface area contributed by atoms with Crippen LogP contribution in [0.15, 0.2) is 24.3 Å². The summed E-state index contributed by atoms with van der Waals surface area (Å²) >= 11 is 5.68. The molecule has 0 bridgehead atoms. The van der Waals surface area contributed by atoms with Gasteiger partial charge in [-0.3, -0.25) is 0 Å². The van der Waals surface area contributed by atoms with Crippen molar-refractivity contribution >= 4 is 29.3 Å². The molecule has 0 aliphatic carbocycles. The molecule has 6 nitrogen and oxygen atoms in total. The third-order valence-corrected chi connectivity index (χ3v) is 2.38. The summed E-state index contributed by atoms with van der Waals surface area (Å²) in [7, 11) is 0. The number of benzene rings is 1. The molecule has 18 heavy (non-hydrogen) atoms. The first kappa shape index (κ1) is 14.3. The summed E-state index contributed by atoms with van der Waals surface area (Å²) < 4.78 is 0. The summed E-state index contributed by atoms with van der Waals surface area (Å²) in [5.41, 5.74) is 0.491. The molecule has 1 atom stereocenters. The lowest BCUT2D eigenvalue weighted by atomic mass is 10.2. The van der Waals surface area contributed by atoms with Crippen molar-refractivity contribution in [2.24, 2.45) is 0 Å². The first-order valence-corrected chi connectivity index (χ1v) is 5.57. The fourth-order valence-electron chi connectivity index (χ4n) is 1.25. The molecule has 0 saturated carbocycles. The molecule has 0 spiro atoms. The summed E-state index contributed by atoms with van der Waals surface area (Å²) in [6.45, 7) is -0.321. The van der Waals surface area contributed by atoms with Crippen molar-refractivity contribution in [3.05, 3.63) is 29.3 Å². The number of urea groups is 1. The van der Waals surface area contributed by atoms with E-state index in [0.29, 0.717) is 10.7 Å². The molecule has 1 aromatic carbocycles. The second kappa shape index (κ2) is 6.83. The first-order valence-electron chi connectivity index (χ1n) is 5.19. The number of hydrogen-bond acceptors (Lipinski definition) is 3. The molecule has 0 unspecified atom stereocenters. The second-order valence-electron chi connectivity index (χ2n) is 3.51. The van der Waals surface area contributed by atoms with Gasteiger partial charge in [-0.05, 0) is 24.3 Å². The SMILES string of the molecule is O=C(Nc1ccc(Cl)cc1)N[C@H](CCO)C(=O)O. The van der Waals surface area contributed by atoms with Gasteiger partial charge in [0, 0.05) is 23.7 Å². The number of aliphatic hydroxyl groups excluding tert-OH is 1. The number of rotatable bonds is 5. The van der Waals surface area contributed by atoms with E-state index in [4.69, 9.17) is 21.8 Å². The number of nitrogens with one attached hydrogen (secondary N) is 2. The average Bonchev–Trinajstić information content (AvgIpc) is 2.31. The van der Waals surface area contributed by atoms with Gasteiger partial charge in [0.25, 0.3) is 0 Å². The summed E-state index contributed by atoms with van der Waals surface area (Å²) in [6.07, 6.45) is -0.0522. The minimum Gasteiger partial charge on any atom is -0.480 e. The summed E-state index contributed by atoms with van der Waals surface area (Å²) in [6, 6.07) is 4.59. The van der Waals surface area contributed by atoms with Crippen molar-refractivity contribution in [1.29, 1.82) is 0 Å². The minimum absolute atomic E-state index is 0.0522. The molecule has 0 aliphatic rings. The monoisotopic (exact) mass is 272 g/mol. The molecule has 0 heterocycles. The highest BCUT2D eigenvalue weighted by molar-refractivity contribution is 6.30. The number of amides is 2. The highest BCUT2D eigenvalue weighted by Gasteiger charge is 2.18. The van der Waals surface area contributed by atoms with Gasteiger partial charge in [0.05, 0.1) is 0 Å². The summed E-state index contributed by atoms with van der Waals surface area (Å²) in [4.78, 5) is 22.2. The first-order chi connectivity index (χ1) is 8.52. The molecule has 2 amide bonds. The Balaban J connectivity index is 2.54. The number of carboxylic acids is 1. The van der Waals surface area contributed by atoms with Gasteiger partial charge in [0.15, 0.2) is 0 Å². The lowest BCUT2D eigenvalue weighted by Gasteiger charge is -2.13. The van der Waals surface area contributed by atoms with E-state index in [1.807, 2.05) is 0 Å². The van der Waals surface area contributed by atoms with Gasteiger partial charge in [-0.15, -0.1) is 0 Å². The maximum Gasteiger partial charge on any atom is 0.326 e. The number of halogens is 1. The Hall–Kier alpha value is -1.79. The maximum absolute atomic E-state index is 11.5. The van der Waals surface area contributed by atoms with Crippen molar-refractivity contribution in [2.75, 3.05) is 11.9 Å².